The van der Waals surface area contributed by atoms with Crippen molar-refractivity contribution in [3.63, 3.8) is 0 Å². The Morgan fingerprint density at radius 2 is 2.22 bits per heavy atom. The van der Waals surface area contributed by atoms with Gasteiger partial charge in [-0.2, -0.15) is 0 Å². The smallest absolute Gasteiger partial charge is 0.0225 e. The Balaban J connectivity index is 3.50. The minimum absolute atomic E-state index is 0.660. The molecule has 1 unspecified atom stereocenters. The summed E-state index contributed by atoms with van der Waals surface area (Å²) in [6.45, 7) is 10.2. The predicted octanol–water partition coefficient (Wildman–Crippen LogP) is 3.16. The lowest BCUT2D eigenvalue weighted by Gasteiger charge is -2.02. The zero-order valence-electron chi connectivity index (χ0n) is 6.65. The van der Waals surface area contributed by atoms with Crippen LogP contribution in [0.4, 0.5) is 0 Å². The average Bonchev–Trinajstić information content (AvgIpc) is 1.63. The first-order valence-corrected chi connectivity index (χ1v) is 3.44. The third kappa shape index (κ3) is 5.35. The molecule has 0 saturated heterocycles. The van der Waals surface area contributed by atoms with Crippen LogP contribution in [0.1, 0.15) is 27.2 Å². The zero-order valence-corrected chi connectivity index (χ0v) is 6.65. The zero-order chi connectivity index (χ0) is 7.28. The molecule has 0 bridgehead atoms. The Bertz CT molecular complexity index is 109. The van der Waals surface area contributed by atoms with Crippen LogP contribution in [-0.4, -0.2) is 0 Å². The second kappa shape index (κ2) is 4.37. The first-order valence-electron chi connectivity index (χ1n) is 3.44. The molecule has 0 aromatic carbocycles. The molecule has 0 N–H and O–H groups in total. The van der Waals surface area contributed by atoms with Crippen LogP contribution < -0.4 is 0 Å². The van der Waals surface area contributed by atoms with Gasteiger partial charge in [0.2, 0.25) is 0 Å². The SMILES string of the molecule is C=C(C)CC(C)C=CC. The molecule has 1 atom stereocenters. The quantitative estimate of drug-likeness (QED) is 0.507. The van der Waals surface area contributed by atoms with Gasteiger partial charge in [0, 0.05) is 0 Å². The van der Waals surface area contributed by atoms with Crippen molar-refractivity contribution in [2.45, 2.75) is 27.2 Å². The highest BCUT2D eigenvalue weighted by Gasteiger charge is 1.94. The molecule has 52 valence electrons. The molecule has 0 radical (unpaired) electrons. The van der Waals surface area contributed by atoms with E-state index in [1.807, 2.05) is 0 Å². The molecule has 0 amide bonds. The van der Waals surface area contributed by atoms with E-state index in [9.17, 15) is 0 Å². The summed E-state index contributed by atoms with van der Waals surface area (Å²) < 4.78 is 0. The molecule has 0 aromatic rings. The summed E-state index contributed by atoms with van der Waals surface area (Å²) in [4.78, 5) is 0. The van der Waals surface area contributed by atoms with Crippen LogP contribution in [0.15, 0.2) is 24.3 Å². The van der Waals surface area contributed by atoms with E-state index in [2.05, 4.69) is 39.5 Å². The van der Waals surface area contributed by atoms with Gasteiger partial charge in [0.15, 0.2) is 0 Å². The lowest BCUT2D eigenvalue weighted by molar-refractivity contribution is 0.717. The van der Waals surface area contributed by atoms with Crippen molar-refractivity contribution >= 4 is 0 Å². The molecular formula is C9H16. The van der Waals surface area contributed by atoms with Crippen LogP contribution in [0.2, 0.25) is 0 Å². The standard InChI is InChI=1S/C9H16/c1-5-6-9(4)7-8(2)3/h5-6,9H,2,7H2,1,3-4H3. The van der Waals surface area contributed by atoms with Crippen LogP contribution in [0.5, 0.6) is 0 Å². The minimum atomic E-state index is 0.660. The van der Waals surface area contributed by atoms with Crippen molar-refractivity contribution in [3.05, 3.63) is 24.3 Å². The minimum Gasteiger partial charge on any atom is -0.100 e. The number of hydrogen-bond donors (Lipinski definition) is 0. The van der Waals surface area contributed by atoms with Crippen molar-refractivity contribution in [1.82, 2.24) is 0 Å². The number of hydrogen-bond acceptors (Lipinski definition) is 0. The molecular weight excluding hydrogens is 108 g/mol. The lowest BCUT2D eigenvalue weighted by Crippen LogP contribution is -1.88. The number of rotatable bonds is 3. The van der Waals surface area contributed by atoms with Gasteiger partial charge in [-0.25, -0.2) is 0 Å². The van der Waals surface area contributed by atoms with Crippen LogP contribution >= 0.6 is 0 Å². The van der Waals surface area contributed by atoms with E-state index in [1.54, 1.807) is 0 Å². The van der Waals surface area contributed by atoms with Crippen LogP contribution in [-0.2, 0) is 0 Å². The summed E-state index contributed by atoms with van der Waals surface area (Å²) in [5.41, 5.74) is 1.26. The Kier molecular flexibility index (Phi) is 4.12. The summed E-state index contributed by atoms with van der Waals surface area (Å²) in [6.07, 6.45) is 5.41. The van der Waals surface area contributed by atoms with Gasteiger partial charge in [0.1, 0.15) is 0 Å². The molecule has 0 aliphatic carbocycles. The first kappa shape index (κ1) is 8.48. The van der Waals surface area contributed by atoms with Gasteiger partial charge in [-0.1, -0.05) is 24.6 Å². The normalized spacial score (nSPS) is 14.1. The molecule has 0 spiro atoms. The molecule has 0 heteroatoms. The van der Waals surface area contributed by atoms with E-state index in [-0.39, 0.29) is 0 Å². The molecule has 0 fully saturated rings. The summed E-state index contributed by atoms with van der Waals surface area (Å²) in [6, 6.07) is 0. The van der Waals surface area contributed by atoms with Crippen LogP contribution in [0.3, 0.4) is 0 Å². The molecule has 0 nitrogen and oxygen atoms in total. The molecule has 0 aliphatic rings. The monoisotopic (exact) mass is 124 g/mol. The first-order chi connectivity index (χ1) is 4.16. The Labute approximate surface area is 58.3 Å². The van der Waals surface area contributed by atoms with Gasteiger partial charge in [0.25, 0.3) is 0 Å². The fourth-order valence-corrected chi connectivity index (χ4v) is 0.946. The van der Waals surface area contributed by atoms with Gasteiger partial charge in [-0.05, 0) is 26.2 Å². The molecule has 0 aliphatic heterocycles. The highest BCUT2D eigenvalue weighted by atomic mass is 14.0. The van der Waals surface area contributed by atoms with Gasteiger partial charge in [-0.3, -0.25) is 0 Å². The van der Waals surface area contributed by atoms with Crippen LogP contribution in [0.25, 0.3) is 0 Å². The van der Waals surface area contributed by atoms with E-state index in [0.717, 1.165) is 6.42 Å². The van der Waals surface area contributed by atoms with E-state index in [0.29, 0.717) is 5.92 Å². The molecule has 0 saturated carbocycles. The number of allylic oxidation sites excluding steroid dienone is 3. The third-order valence-electron chi connectivity index (χ3n) is 1.19. The van der Waals surface area contributed by atoms with Gasteiger partial charge >= 0.3 is 0 Å². The van der Waals surface area contributed by atoms with Crippen LogP contribution in [0, 0.1) is 5.92 Å². The fourth-order valence-electron chi connectivity index (χ4n) is 0.946. The lowest BCUT2D eigenvalue weighted by atomic mass is 10.0. The van der Waals surface area contributed by atoms with Gasteiger partial charge in [0.05, 0.1) is 0 Å². The molecule has 0 heterocycles. The Morgan fingerprint density at radius 3 is 2.56 bits per heavy atom. The van der Waals surface area contributed by atoms with E-state index >= 15 is 0 Å². The maximum absolute atomic E-state index is 3.84. The molecule has 0 rings (SSSR count). The van der Waals surface area contributed by atoms with Crippen molar-refractivity contribution < 1.29 is 0 Å². The Hall–Kier alpha value is -0.520. The van der Waals surface area contributed by atoms with Crippen molar-refractivity contribution in [2.75, 3.05) is 0 Å². The molecule has 9 heavy (non-hydrogen) atoms. The van der Waals surface area contributed by atoms with E-state index in [4.69, 9.17) is 0 Å². The van der Waals surface area contributed by atoms with Crippen molar-refractivity contribution in [3.8, 4) is 0 Å². The summed E-state index contributed by atoms with van der Waals surface area (Å²) >= 11 is 0. The summed E-state index contributed by atoms with van der Waals surface area (Å²) in [5, 5.41) is 0. The van der Waals surface area contributed by atoms with Gasteiger partial charge < -0.3 is 0 Å². The second-order valence-corrected chi connectivity index (χ2v) is 2.66. The predicted molar refractivity (Wildman–Crippen MR) is 43.4 cm³/mol. The van der Waals surface area contributed by atoms with Crippen molar-refractivity contribution in [2.24, 2.45) is 5.92 Å². The topological polar surface area (TPSA) is 0 Å². The maximum Gasteiger partial charge on any atom is -0.0225 e. The summed E-state index contributed by atoms with van der Waals surface area (Å²) in [7, 11) is 0. The maximum atomic E-state index is 3.84. The van der Waals surface area contributed by atoms with E-state index in [1.165, 1.54) is 5.57 Å². The highest BCUT2D eigenvalue weighted by Crippen LogP contribution is 2.09. The van der Waals surface area contributed by atoms with E-state index < -0.39 is 0 Å². The average molecular weight is 124 g/mol. The fraction of sp³-hybridized carbons (Fsp3) is 0.556. The second-order valence-electron chi connectivity index (χ2n) is 2.66. The van der Waals surface area contributed by atoms with Gasteiger partial charge in [-0.15, -0.1) is 6.58 Å². The Morgan fingerprint density at radius 1 is 1.67 bits per heavy atom. The largest absolute Gasteiger partial charge is 0.100 e. The van der Waals surface area contributed by atoms with Crippen molar-refractivity contribution in [1.29, 1.82) is 0 Å². The summed E-state index contributed by atoms with van der Waals surface area (Å²) in [5.74, 6) is 0.660. The highest BCUT2D eigenvalue weighted by molar-refractivity contribution is 4.95. The third-order valence-corrected chi connectivity index (χ3v) is 1.19. The molecule has 0 aromatic heterocycles.